The average Bonchev–Trinajstić information content (AvgIpc) is 3.37. The number of piperazine rings is 1. The van der Waals surface area contributed by atoms with Crippen molar-refractivity contribution in [2.45, 2.75) is 32.4 Å². The van der Waals surface area contributed by atoms with Crippen LogP contribution in [0.15, 0.2) is 30.6 Å². The van der Waals surface area contributed by atoms with E-state index in [1.807, 2.05) is 52.2 Å². The van der Waals surface area contributed by atoms with Gasteiger partial charge in [-0.25, -0.2) is 14.6 Å². The molecule has 0 bridgehead atoms. The molecule has 0 amide bonds. The number of aliphatic hydroxyl groups is 1. The number of nitrogens with one attached hydrogen (secondary N) is 2. The summed E-state index contributed by atoms with van der Waals surface area (Å²) in [6.07, 6.45) is 3.71. The zero-order valence-electron chi connectivity index (χ0n) is 18.3. The molecule has 0 aliphatic carbocycles. The van der Waals surface area contributed by atoms with Crippen LogP contribution in [0.5, 0.6) is 0 Å². The number of aryl methyl sites for hydroxylation is 1. The van der Waals surface area contributed by atoms with Gasteiger partial charge in [0.2, 0.25) is 0 Å². The number of aromatic nitrogens is 6. The zero-order valence-corrected chi connectivity index (χ0v) is 18.3. The van der Waals surface area contributed by atoms with Gasteiger partial charge in [0, 0.05) is 50.0 Å². The highest BCUT2D eigenvalue weighted by atomic mass is 16.3. The molecule has 0 unspecified atom stereocenters. The lowest BCUT2D eigenvalue weighted by molar-refractivity contribution is -0.0231. The van der Waals surface area contributed by atoms with Gasteiger partial charge in [0.25, 0.3) is 0 Å². The van der Waals surface area contributed by atoms with Crippen LogP contribution in [0, 0.1) is 5.92 Å². The van der Waals surface area contributed by atoms with E-state index in [2.05, 4.69) is 30.5 Å². The van der Waals surface area contributed by atoms with Crippen molar-refractivity contribution >= 4 is 27.9 Å². The van der Waals surface area contributed by atoms with Crippen LogP contribution in [0.1, 0.15) is 20.8 Å². The van der Waals surface area contributed by atoms with E-state index in [-0.39, 0.29) is 12.0 Å². The van der Waals surface area contributed by atoms with E-state index in [1.165, 1.54) is 0 Å². The molecule has 9 nitrogen and oxygen atoms in total. The number of fused-ring (bicyclic) bond motifs is 2. The zero-order chi connectivity index (χ0) is 21.8. The second-order valence-corrected chi connectivity index (χ2v) is 8.85. The Morgan fingerprint density at radius 1 is 1.32 bits per heavy atom. The Hall–Kier alpha value is -3.04. The van der Waals surface area contributed by atoms with E-state index < -0.39 is 5.60 Å². The Morgan fingerprint density at radius 2 is 2.16 bits per heavy atom. The number of anilines is 1. The van der Waals surface area contributed by atoms with E-state index in [1.54, 1.807) is 10.9 Å². The van der Waals surface area contributed by atoms with Crippen LogP contribution in [-0.2, 0) is 7.05 Å². The van der Waals surface area contributed by atoms with Gasteiger partial charge in [-0.15, -0.1) is 5.10 Å². The van der Waals surface area contributed by atoms with Gasteiger partial charge in [-0.05, 0) is 31.0 Å². The van der Waals surface area contributed by atoms with Gasteiger partial charge in [0.1, 0.15) is 16.7 Å². The molecule has 162 valence electrons. The van der Waals surface area contributed by atoms with Crippen LogP contribution in [-0.4, -0.2) is 66.3 Å². The molecule has 4 aromatic heterocycles. The van der Waals surface area contributed by atoms with E-state index in [9.17, 15) is 5.11 Å². The van der Waals surface area contributed by atoms with Crippen molar-refractivity contribution in [3.05, 3.63) is 30.6 Å². The van der Waals surface area contributed by atoms with Crippen LogP contribution in [0.3, 0.4) is 0 Å². The number of nitrogens with zero attached hydrogens (tertiary/aromatic N) is 6. The Bertz CT molecular complexity index is 1240. The molecule has 0 radical (unpaired) electrons. The summed E-state index contributed by atoms with van der Waals surface area (Å²) in [6.45, 7) is 8.21. The third kappa shape index (κ3) is 3.24. The maximum absolute atomic E-state index is 11.1. The predicted molar refractivity (Wildman–Crippen MR) is 121 cm³/mol. The van der Waals surface area contributed by atoms with Gasteiger partial charge < -0.3 is 20.3 Å². The lowest BCUT2D eigenvalue weighted by Crippen LogP contribution is -2.62. The Kier molecular flexibility index (Phi) is 4.67. The molecule has 1 saturated heterocycles. The molecular weight excluding hydrogens is 392 g/mol. The molecule has 31 heavy (non-hydrogen) atoms. The van der Waals surface area contributed by atoms with Crippen LogP contribution < -0.4 is 10.2 Å². The normalized spacial score (nSPS) is 19.4. The molecule has 5 rings (SSSR count). The second kappa shape index (κ2) is 7.28. The van der Waals surface area contributed by atoms with Crippen molar-refractivity contribution in [1.82, 2.24) is 35.3 Å². The number of aromatic amines is 1. The van der Waals surface area contributed by atoms with Crippen molar-refractivity contribution < 1.29 is 5.11 Å². The number of H-pyrrole nitrogens is 1. The topological polar surface area (TPSA) is 108 Å². The molecule has 0 spiro atoms. The number of rotatable bonds is 4. The standard InChI is InChI=1S/C22H28N8O/c1-13(2)22(3,31)18-12-30(9-8-23-18)21-19-17(27-28-29(19)4)10-16(26-21)15-11-25-20-14(15)6-5-7-24-20/h5-7,10-11,13,18,23,31H,8-9,12H2,1-4H3,(H,24,25)/t18-,22-/m1/s1. The van der Waals surface area contributed by atoms with Gasteiger partial charge in [-0.1, -0.05) is 19.1 Å². The van der Waals surface area contributed by atoms with Crippen LogP contribution in [0.25, 0.3) is 33.3 Å². The van der Waals surface area contributed by atoms with E-state index in [4.69, 9.17) is 4.98 Å². The number of pyridine rings is 2. The lowest BCUT2D eigenvalue weighted by atomic mass is 9.84. The van der Waals surface area contributed by atoms with Crippen molar-refractivity contribution in [2.24, 2.45) is 13.0 Å². The van der Waals surface area contributed by atoms with Crippen molar-refractivity contribution in [1.29, 1.82) is 0 Å². The molecule has 2 atom stereocenters. The average molecular weight is 421 g/mol. The van der Waals surface area contributed by atoms with E-state index in [0.29, 0.717) is 6.54 Å². The minimum Gasteiger partial charge on any atom is -0.388 e. The summed E-state index contributed by atoms with van der Waals surface area (Å²) in [6, 6.07) is 5.87. The van der Waals surface area contributed by atoms with Crippen LogP contribution in [0.4, 0.5) is 5.82 Å². The Morgan fingerprint density at radius 3 is 2.97 bits per heavy atom. The molecule has 1 fully saturated rings. The third-order valence-corrected chi connectivity index (χ3v) is 6.64. The summed E-state index contributed by atoms with van der Waals surface area (Å²) in [5.41, 5.74) is 3.50. The fraction of sp³-hybridized carbons (Fsp3) is 0.455. The Labute approximate surface area is 180 Å². The molecule has 1 aliphatic rings. The summed E-state index contributed by atoms with van der Waals surface area (Å²) in [5.74, 6) is 0.964. The van der Waals surface area contributed by atoms with Crippen molar-refractivity contribution in [3.63, 3.8) is 0 Å². The van der Waals surface area contributed by atoms with Crippen molar-refractivity contribution in [2.75, 3.05) is 24.5 Å². The fourth-order valence-corrected chi connectivity index (χ4v) is 4.32. The van der Waals surface area contributed by atoms with Gasteiger partial charge in [0.05, 0.1) is 17.3 Å². The largest absolute Gasteiger partial charge is 0.388 e. The number of hydrogen-bond donors (Lipinski definition) is 3. The first-order chi connectivity index (χ1) is 14.9. The maximum atomic E-state index is 11.1. The molecule has 0 aromatic carbocycles. The van der Waals surface area contributed by atoms with E-state index >= 15 is 0 Å². The maximum Gasteiger partial charge on any atom is 0.157 e. The Balaban J connectivity index is 1.62. The molecule has 5 heterocycles. The monoisotopic (exact) mass is 420 g/mol. The molecule has 3 N–H and O–H groups in total. The van der Waals surface area contributed by atoms with Gasteiger partial charge in [0.15, 0.2) is 5.82 Å². The van der Waals surface area contributed by atoms with Crippen LogP contribution in [0.2, 0.25) is 0 Å². The van der Waals surface area contributed by atoms with Crippen molar-refractivity contribution in [3.8, 4) is 11.3 Å². The molecule has 1 aliphatic heterocycles. The summed E-state index contributed by atoms with van der Waals surface area (Å²) in [5, 5.41) is 24.2. The highest BCUT2D eigenvalue weighted by Gasteiger charge is 2.38. The third-order valence-electron chi connectivity index (χ3n) is 6.64. The first-order valence-electron chi connectivity index (χ1n) is 10.7. The lowest BCUT2D eigenvalue weighted by Gasteiger charge is -2.43. The highest BCUT2D eigenvalue weighted by molar-refractivity contribution is 5.96. The molecule has 9 heteroatoms. The summed E-state index contributed by atoms with van der Waals surface area (Å²) < 4.78 is 1.77. The van der Waals surface area contributed by atoms with Gasteiger partial charge in [-0.3, -0.25) is 0 Å². The first kappa shape index (κ1) is 19.9. The quantitative estimate of drug-likeness (QED) is 0.464. The fourth-order valence-electron chi connectivity index (χ4n) is 4.32. The predicted octanol–water partition coefficient (Wildman–Crippen LogP) is 2.09. The molecular formula is C22H28N8O. The highest BCUT2D eigenvalue weighted by Crippen LogP contribution is 2.33. The van der Waals surface area contributed by atoms with Crippen LogP contribution >= 0.6 is 0 Å². The summed E-state index contributed by atoms with van der Waals surface area (Å²) >= 11 is 0. The number of hydrogen-bond acceptors (Lipinski definition) is 7. The first-order valence-corrected chi connectivity index (χ1v) is 10.7. The van der Waals surface area contributed by atoms with E-state index in [0.717, 1.165) is 52.2 Å². The summed E-state index contributed by atoms with van der Waals surface area (Å²) in [7, 11) is 1.89. The molecule has 0 saturated carbocycles. The minimum atomic E-state index is -0.831. The summed E-state index contributed by atoms with van der Waals surface area (Å²) in [4.78, 5) is 14.9. The van der Waals surface area contributed by atoms with Gasteiger partial charge >= 0.3 is 0 Å². The SMILES string of the molecule is CC(C)[C@@](C)(O)[C@H]1CN(c2nc(-c3c[nH]c4ncccc34)cc3nnn(C)c23)CCN1. The molecule has 4 aromatic rings. The smallest absolute Gasteiger partial charge is 0.157 e. The minimum absolute atomic E-state index is 0.0692. The van der Waals surface area contributed by atoms with Gasteiger partial charge in [-0.2, -0.15) is 0 Å². The second-order valence-electron chi connectivity index (χ2n) is 8.85.